The molecule has 1 aromatic carbocycles. The second-order valence-electron chi connectivity index (χ2n) is 5.46. The van der Waals surface area contributed by atoms with E-state index in [0.717, 1.165) is 16.6 Å². The van der Waals surface area contributed by atoms with Crippen molar-refractivity contribution in [1.82, 2.24) is 9.88 Å². The van der Waals surface area contributed by atoms with Crippen molar-refractivity contribution in [2.75, 3.05) is 32.5 Å². The Bertz CT molecular complexity index is 547. The van der Waals surface area contributed by atoms with Crippen molar-refractivity contribution in [1.29, 1.82) is 0 Å². The summed E-state index contributed by atoms with van der Waals surface area (Å²) in [6.07, 6.45) is 1.78. The highest BCUT2D eigenvalue weighted by Crippen LogP contribution is 2.21. The molecule has 0 aliphatic heterocycles. The molecule has 0 saturated carbocycles. The molecule has 19 heavy (non-hydrogen) atoms. The van der Waals surface area contributed by atoms with E-state index in [9.17, 15) is 5.11 Å². The minimum absolute atomic E-state index is 0.499. The number of hydrogen-bond donors (Lipinski definition) is 2. The topological polar surface area (TPSA) is 48.4 Å². The van der Waals surface area contributed by atoms with Crippen LogP contribution in [0.3, 0.4) is 0 Å². The van der Waals surface area contributed by atoms with Crippen LogP contribution >= 0.6 is 0 Å². The van der Waals surface area contributed by atoms with E-state index in [1.807, 2.05) is 56.3 Å². The Morgan fingerprint density at radius 3 is 2.74 bits per heavy atom. The average Bonchev–Trinajstić information content (AvgIpc) is 2.35. The van der Waals surface area contributed by atoms with Gasteiger partial charge in [-0.15, -0.1) is 0 Å². The molecular weight excluding hydrogens is 238 g/mol. The van der Waals surface area contributed by atoms with Gasteiger partial charge in [-0.25, -0.2) is 0 Å². The first-order chi connectivity index (χ1) is 8.98. The number of fused-ring (bicyclic) bond motifs is 1. The molecule has 2 N–H and O–H groups in total. The number of anilines is 1. The zero-order valence-electron chi connectivity index (χ0n) is 11.7. The van der Waals surface area contributed by atoms with Crippen molar-refractivity contribution in [3.8, 4) is 0 Å². The lowest BCUT2D eigenvalue weighted by molar-refractivity contribution is 0.0460. The smallest absolute Gasteiger partial charge is 0.0917 e. The summed E-state index contributed by atoms with van der Waals surface area (Å²) < 4.78 is 0. The Balaban J connectivity index is 2.14. The van der Waals surface area contributed by atoms with E-state index >= 15 is 0 Å². The lowest BCUT2D eigenvalue weighted by Crippen LogP contribution is -2.43. The van der Waals surface area contributed by atoms with Gasteiger partial charge in [0.1, 0.15) is 0 Å². The number of hydrogen-bond acceptors (Lipinski definition) is 4. The predicted molar refractivity (Wildman–Crippen MR) is 79.4 cm³/mol. The normalized spacial score (nSPS) is 14.6. The maximum atomic E-state index is 10.3. The summed E-state index contributed by atoms with van der Waals surface area (Å²) in [5, 5.41) is 14.7. The maximum Gasteiger partial charge on any atom is 0.0917 e. The number of aliphatic hydroxyl groups is 1. The van der Waals surface area contributed by atoms with Gasteiger partial charge < -0.3 is 15.3 Å². The predicted octanol–water partition coefficient (Wildman–Crippen LogP) is 1.96. The molecule has 1 heterocycles. The third kappa shape index (κ3) is 3.66. The molecular formula is C15H21N3O. The molecule has 2 rings (SSSR count). The van der Waals surface area contributed by atoms with Crippen LogP contribution in [0.25, 0.3) is 10.9 Å². The largest absolute Gasteiger partial charge is 0.387 e. The van der Waals surface area contributed by atoms with Crippen LogP contribution < -0.4 is 5.32 Å². The third-order valence-electron chi connectivity index (χ3n) is 2.97. The summed E-state index contributed by atoms with van der Waals surface area (Å²) in [7, 11) is 3.91. The molecule has 2 aromatic rings. The number of likely N-dealkylation sites (N-methyl/N-ethyl adjacent to an activating group) is 1. The molecule has 4 nitrogen and oxygen atoms in total. The molecule has 0 aliphatic carbocycles. The van der Waals surface area contributed by atoms with Gasteiger partial charge in [0.2, 0.25) is 0 Å². The van der Waals surface area contributed by atoms with Crippen LogP contribution in [0.15, 0.2) is 36.5 Å². The van der Waals surface area contributed by atoms with E-state index in [-0.39, 0.29) is 0 Å². The number of nitrogens with one attached hydrogen (secondary N) is 1. The Morgan fingerprint density at radius 2 is 2.00 bits per heavy atom. The van der Waals surface area contributed by atoms with E-state index in [1.54, 1.807) is 6.20 Å². The van der Waals surface area contributed by atoms with Crippen molar-refractivity contribution in [3.05, 3.63) is 36.5 Å². The zero-order valence-corrected chi connectivity index (χ0v) is 11.7. The Kier molecular flexibility index (Phi) is 4.02. The van der Waals surface area contributed by atoms with Crippen molar-refractivity contribution in [2.45, 2.75) is 12.5 Å². The highest BCUT2D eigenvalue weighted by atomic mass is 16.3. The summed E-state index contributed by atoms with van der Waals surface area (Å²) in [4.78, 5) is 6.30. The van der Waals surface area contributed by atoms with E-state index in [2.05, 4.69) is 10.3 Å². The number of para-hydroxylation sites is 1. The van der Waals surface area contributed by atoms with Crippen LogP contribution in [0.4, 0.5) is 5.69 Å². The quantitative estimate of drug-likeness (QED) is 0.862. The summed E-state index contributed by atoms with van der Waals surface area (Å²) in [5.74, 6) is 0. The van der Waals surface area contributed by atoms with E-state index in [1.165, 1.54) is 0 Å². The SMILES string of the molecule is CN(C)CC(C)(O)CNc1ccnc2ccccc12. The van der Waals surface area contributed by atoms with Gasteiger partial charge in [0.05, 0.1) is 11.1 Å². The fraction of sp³-hybridized carbons (Fsp3) is 0.400. The van der Waals surface area contributed by atoms with Gasteiger partial charge >= 0.3 is 0 Å². The number of pyridine rings is 1. The van der Waals surface area contributed by atoms with Crippen LogP contribution in [0, 0.1) is 0 Å². The van der Waals surface area contributed by atoms with Crippen LogP contribution in [-0.2, 0) is 0 Å². The van der Waals surface area contributed by atoms with E-state index in [4.69, 9.17) is 0 Å². The van der Waals surface area contributed by atoms with Crippen molar-refractivity contribution < 1.29 is 5.11 Å². The molecule has 0 fully saturated rings. The van der Waals surface area contributed by atoms with Crippen molar-refractivity contribution in [2.24, 2.45) is 0 Å². The first-order valence-electron chi connectivity index (χ1n) is 6.43. The number of aromatic nitrogens is 1. The molecule has 0 aliphatic rings. The first kappa shape index (κ1) is 13.8. The first-order valence-corrected chi connectivity index (χ1v) is 6.43. The Morgan fingerprint density at radius 1 is 1.26 bits per heavy atom. The second-order valence-corrected chi connectivity index (χ2v) is 5.46. The fourth-order valence-electron chi connectivity index (χ4n) is 2.27. The van der Waals surface area contributed by atoms with Gasteiger partial charge in [-0.3, -0.25) is 4.98 Å². The zero-order chi connectivity index (χ0) is 13.9. The minimum atomic E-state index is -0.770. The number of nitrogens with zero attached hydrogens (tertiary/aromatic N) is 2. The van der Waals surface area contributed by atoms with Gasteiger partial charge in [-0.1, -0.05) is 18.2 Å². The Labute approximate surface area is 114 Å². The monoisotopic (exact) mass is 259 g/mol. The van der Waals surface area contributed by atoms with Crippen molar-refractivity contribution >= 4 is 16.6 Å². The number of rotatable bonds is 5. The molecule has 0 saturated heterocycles. The van der Waals surface area contributed by atoms with Crippen molar-refractivity contribution in [3.63, 3.8) is 0 Å². The van der Waals surface area contributed by atoms with Gasteiger partial charge in [-0.05, 0) is 33.2 Å². The highest BCUT2D eigenvalue weighted by molar-refractivity contribution is 5.90. The van der Waals surface area contributed by atoms with Crippen LogP contribution in [0.2, 0.25) is 0 Å². The highest BCUT2D eigenvalue weighted by Gasteiger charge is 2.21. The standard InChI is InChI=1S/C15H21N3O/c1-15(19,11-18(2)3)10-17-14-8-9-16-13-7-5-4-6-12(13)14/h4-9,19H,10-11H2,1-3H3,(H,16,17). The summed E-state index contributed by atoms with van der Waals surface area (Å²) in [5.41, 5.74) is 1.19. The fourth-order valence-corrected chi connectivity index (χ4v) is 2.27. The second kappa shape index (κ2) is 5.55. The molecule has 1 unspecified atom stereocenters. The lowest BCUT2D eigenvalue weighted by atomic mass is 10.1. The molecule has 0 spiro atoms. The molecule has 0 bridgehead atoms. The maximum absolute atomic E-state index is 10.3. The summed E-state index contributed by atoms with van der Waals surface area (Å²) >= 11 is 0. The minimum Gasteiger partial charge on any atom is -0.387 e. The van der Waals surface area contributed by atoms with Crippen LogP contribution in [0.5, 0.6) is 0 Å². The summed E-state index contributed by atoms with van der Waals surface area (Å²) in [6, 6.07) is 9.92. The average molecular weight is 259 g/mol. The molecule has 0 radical (unpaired) electrons. The lowest BCUT2D eigenvalue weighted by Gasteiger charge is -2.27. The van der Waals surface area contributed by atoms with E-state index in [0.29, 0.717) is 13.1 Å². The van der Waals surface area contributed by atoms with E-state index < -0.39 is 5.60 Å². The van der Waals surface area contributed by atoms with Gasteiger partial charge in [0.15, 0.2) is 0 Å². The number of benzene rings is 1. The van der Waals surface area contributed by atoms with Gasteiger partial charge in [-0.2, -0.15) is 0 Å². The molecule has 1 atom stereocenters. The molecule has 102 valence electrons. The molecule has 4 heteroatoms. The Hall–Kier alpha value is -1.65. The van der Waals surface area contributed by atoms with Crippen LogP contribution in [-0.4, -0.2) is 47.8 Å². The molecule has 0 amide bonds. The van der Waals surface area contributed by atoms with Gasteiger partial charge in [0, 0.05) is 30.4 Å². The third-order valence-corrected chi connectivity index (χ3v) is 2.97. The molecule has 1 aromatic heterocycles. The summed E-state index contributed by atoms with van der Waals surface area (Å²) in [6.45, 7) is 2.95. The van der Waals surface area contributed by atoms with Crippen LogP contribution in [0.1, 0.15) is 6.92 Å². The van der Waals surface area contributed by atoms with Gasteiger partial charge in [0.25, 0.3) is 0 Å².